The molecule has 0 unspecified atom stereocenters. The zero-order valence-electron chi connectivity index (χ0n) is 29.9. The van der Waals surface area contributed by atoms with Gasteiger partial charge in [0.25, 0.3) is 0 Å². The van der Waals surface area contributed by atoms with E-state index in [0.717, 1.165) is 70.3 Å². The van der Waals surface area contributed by atoms with Crippen LogP contribution in [0.5, 0.6) is 0 Å². The Bertz CT molecular complexity index is 1860. The standard InChI is InChI=1S/C44H48N4O3/c1-44(2,3)51-43(50)48(39-16-8-5-9-17-39)32-34-22-26-37(27-23-34)36-24-20-33(21-25-36)30-47(31-35-13-12-28-45-29-35)42(49)46-41-19-11-10-18-40(41)38-14-6-4-7-15-38/h4,6-7,10-15,18-29,39H,5,8-9,16-17,30-32H2,1-3H3,(H,46,49). The van der Waals surface area contributed by atoms with E-state index in [-0.39, 0.29) is 18.2 Å². The fraction of sp³-hybridized carbons (Fsp3) is 0.295. The number of nitrogens with zero attached hydrogens (tertiary/aromatic N) is 3. The number of para-hydroxylation sites is 1. The van der Waals surface area contributed by atoms with E-state index < -0.39 is 5.60 Å². The first-order valence-corrected chi connectivity index (χ1v) is 18.0. The third-order valence-electron chi connectivity index (χ3n) is 9.25. The molecule has 0 atom stereocenters. The number of aromatic nitrogens is 1. The van der Waals surface area contributed by atoms with Gasteiger partial charge in [0.15, 0.2) is 0 Å². The SMILES string of the molecule is CC(C)(C)OC(=O)N(Cc1ccc(-c2ccc(CN(Cc3cccnc3)C(=O)Nc3ccccc3-c3ccccc3)cc2)cc1)C1CCCCC1. The molecule has 7 nitrogen and oxygen atoms in total. The lowest BCUT2D eigenvalue weighted by Gasteiger charge is -2.35. The molecule has 1 aromatic heterocycles. The molecule has 1 heterocycles. The van der Waals surface area contributed by atoms with Crippen molar-refractivity contribution in [2.24, 2.45) is 0 Å². The zero-order valence-corrected chi connectivity index (χ0v) is 29.9. The molecular formula is C44H48N4O3. The predicted octanol–water partition coefficient (Wildman–Crippen LogP) is 10.7. The van der Waals surface area contributed by atoms with Gasteiger partial charge in [-0.1, -0.05) is 122 Å². The second-order valence-corrected chi connectivity index (χ2v) is 14.4. The Labute approximate surface area is 302 Å². The molecule has 3 amide bonds. The van der Waals surface area contributed by atoms with Gasteiger partial charge in [0.05, 0.1) is 5.69 Å². The number of rotatable bonds is 10. The largest absolute Gasteiger partial charge is 0.444 e. The minimum absolute atomic E-state index is 0.185. The molecule has 1 aliphatic rings. The van der Waals surface area contributed by atoms with Gasteiger partial charge in [0.1, 0.15) is 5.60 Å². The molecule has 1 saturated carbocycles. The average Bonchev–Trinajstić information content (AvgIpc) is 3.15. The van der Waals surface area contributed by atoms with Crippen molar-refractivity contribution in [3.8, 4) is 22.3 Å². The Kier molecular flexibility index (Phi) is 11.5. The van der Waals surface area contributed by atoms with Crippen LogP contribution in [0, 0.1) is 0 Å². The van der Waals surface area contributed by atoms with E-state index in [9.17, 15) is 9.59 Å². The smallest absolute Gasteiger partial charge is 0.410 e. The minimum Gasteiger partial charge on any atom is -0.444 e. The van der Waals surface area contributed by atoms with E-state index in [1.807, 2.05) is 97.3 Å². The van der Waals surface area contributed by atoms with Crippen molar-refractivity contribution >= 4 is 17.8 Å². The summed E-state index contributed by atoms with van der Waals surface area (Å²) in [7, 11) is 0. The van der Waals surface area contributed by atoms with Crippen LogP contribution in [-0.2, 0) is 24.4 Å². The number of pyridine rings is 1. The first kappa shape index (κ1) is 35.4. The summed E-state index contributed by atoms with van der Waals surface area (Å²) in [6.45, 7) is 7.13. The molecule has 0 saturated heterocycles. The molecule has 0 bridgehead atoms. The fourth-order valence-electron chi connectivity index (χ4n) is 6.65. The van der Waals surface area contributed by atoms with Crippen LogP contribution in [0.4, 0.5) is 15.3 Å². The number of ether oxygens (including phenoxy) is 1. The van der Waals surface area contributed by atoms with Crippen molar-refractivity contribution in [3.05, 3.63) is 144 Å². The fourth-order valence-corrected chi connectivity index (χ4v) is 6.65. The van der Waals surface area contributed by atoms with Gasteiger partial charge >= 0.3 is 12.1 Å². The predicted molar refractivity (Wildman–Crippen MR) is 205 cm³/mol. The summed E-state index contributed by atoms with van der Waals surface area (Å²) in [6.07, 6.45) is 8.86. The molecule has 6 rings (SSSR count). The van der Waals surface area contributed by atoms with E-state index >= 15 is 0 Å². The molecule has 1 N–H and O–H groups in total. The molecule has 4 aromatic carbocycles. The molecule has 1 fully saturated rings. The third kappa shape index (κ3) is 9.85. The number of hydrogen-bond donors (Lipinski definition) is 1. The topological polar surface area (TPSA) is 74.8 Å². The van der Waals surface area contributed by atoms with Gasteiger partial charge in [-0.2, -0.15) is 0 Å². The van der Waals surface area contributed by atoms with Crippen LogP contribution in [0.15, 0.2) is 128 Å². The number of amides is 3. The van der Waals surface area contributed by atoms with Gasteiger partial charge in [-0.05, 0) is 79.1 Å². The van der Waals surface area contributed by atoms with Crippen LogP contribution < -0.4 is 5.32 Å². The van der Waals surface area contributed by atoms with Crippen LogP contribution in [0.1, 0.15) is 69.6 Å². The van der Waals surface area contributed by atoms with Gasteiger partial charge in [0, 0.05) is 43.6 Å². The Morgan fingerprint density at radius 2 is 1.29 bits per heavy atom. The lowest BCUT2D eigenvalue weighted by atomic mass is 9.94. The Hall–Kier alpha value is -5.43. The van der Waals surface area contributed by atoms with Crippen LogP contribution >= 0.6 is 0 Å². The second kappa shape index (κ2) is 16.5. The third-order valence-corrected chi connectivity index (χ3v) is 9.25. The van der Waals surface area contributed by atoms with E-state index in [1.54, 1.807) is 12.4 Å². The van der Waals surface area contributed by atoms with E-state index in [2.05, 4.69) is 58.8 Å². The maximum atomic E-state index is 13.9. The van der Waals surface area contributed by atoms with Gasteiger partial charge in [-0.25, -0.2) is 9.59 Å². The lowest BCUT2D eigenvalue weighted by molar-refractivity contribution is 0.00988. The van der Waals surface area contributed by atoms with Crippen molar-refractivity contribution in [2.75, 3.05) is 5.32 Å². The maximum absolute atomic E-state index is 13.9. The minimum atomic E-state index is -0.534. The van der Waals surface area contributed by atoms with Crippen molar-refractivity contribution in [3.63, 3.8) is 0 Å². The van der Waals surface area contributed by atoms with Crippen molar-refractivity contribution < 1.29 is 14.3 Å². The number of carbonyl (C=O) groups excluding carboxylic acids is 2. The number of carbonyl (C=O) groups is 2. The Morgan fingerprint density at radius 1 is 0.686 bits per heavy atom. The summed E-state index contributed by atoms with van der Waals surface area (Å²) < 4.78 is 5.81. The summed E-state index contributed by atoms with van der Waals surface area (Å²) >= 11 is 0. The highest BCUT2D eigenvalue weighted by Crippen LogP contribution is 2.29. The molecule has 1 aliphatic carbocycles. The molecule has 0 radical (unpaired) electrons. The zero-order chi connectivity index (χ0) is 35.6. The highest BCUT2D eigenvalue weighted by molar-refractivity contribution is 5.94. The first-order chi connectivity index (χ1) is 24.7. The highest BCUT2D eigenvalue weighted by Gasteiger charge is 2.29. The van der Waals surface area contributed by atoms with Gasteiger partial charge in [-0.15, -0.1) is 0 Å². The van der Waals surface area contributed by atoms with Gasteiger partial charge in [0.2, 0.25) is 0 Å². The van der Waals surface area contributed by atoms with E-state index in [1.165, 1.54) is 6.42 Å². The Morgan fingerprint density at radius 3 is 1.92 bits per heavy atom. The van der Waals surface area contributed by atoms with Gasteiger partial charge in [-0.3, -0.25) is 4.98 Å². The number of anilines is 1. The summed E-state index contributed by atoms with van der Waals surface area (Å²) in [5, 5.41) is 3.18. The van der Waals surface area contributed by atoms with Crippen molar-refractivity contribution in [1.82, 2.24) is 14.8 Å². The molecule has 262 valence electrons. The summed E-state index contributed by atoms with van der Waals surface area (Å²) in [5.41, 5.74) is 7.47. The monoisotopic (exact) mass is 680 g/mol. The lowest BCUT2D eigenvalue weighted by Crippen LogP contribution is -2.43. The molecule has 5 aromatic rings. The number of hydrogen-bond acceptors (Lipinski definition) is 4. The highest BCUT2D eigenvalue weighted by atomic mass is 16.6. The molecule has 7 heteroatoms. The van der Waals surface area contributed by atoms with Gasteiger partial charge < -0.3 is 19.9 Å². The van der Waals surface area contributed by atoms with Crippen LogP contribution in [0.3, 0.4) is 0 Å². The number of benzene rings is 4. The number of urea groups is 1. The van der Waals surface area contributed by atoms with Crippen LogP contribution in [0.25, 0.3) is 22.3 Å². The quantitative estimate of drug-likeness (QED) is 0.159. The van der Waals surface area contributed by atoms with Crippen LogP contribution in [-0.4, -0.2) is 38.6 Å². The van der Waals surface area contributed by atoms with E-state index in [4.69, 9.17) is 4.74 Å². The maximum Gasteiger partial charge on any atom is 0.410 e. The average molecular weight is 681 g/mol. The van der Waals surface area contributed by atoms with Crippen molar-refractivity contribution in [2.45, 2.75) is 84.2 Å². The molecule has 0 aliphatic heterocycles. The molecule has 0 spiro atoms. The summed E-state index contributed by atoms with van der Waals surface area (Å²) in [5.74, 6) is 0. The van der Waals surface area contributed by atoms with E-state index in [0.29, 0.717) is 19.6 Å². The normalized spacial score (nSPS) is 13.3. The second-order valence-electron chi connectivity index (χ2n) is 14.4. The summed E-state index contributed by atoms with van der Waals surface area (Å²) in [6, 6.07) is 38.7. The van der Waals surface area contributed by atoms with Crippen molar-refractivity contribution in [1.29, 1.82) is 0 Å². The summed E-state index contributed by atoms with van der Waals surface area (Å²) in [4.78, 5) is 35.1. The Balaban J connectivity index is 1.15. The number of nitrogens with one attached hydrogen (secondary N) is 1. The van der Waals surface area contributed by atoms with Crippen LogP contribution in [0.2, 0.25) is 0 Å². The molecule has 51 heavy (non-hydrogen) atoms. The first-order valence-electron chi connectivity index (χ1n) is 18.0. The molecular weight excluding hydrogens is 633 g/mol.